The van der Waals surface area contributed by atoms with E-state index in [9.17, 15) is 0 Å². The van der Waals surface area contributed by atoms with E-state index in [1.54, 1.807) is 11.3 Å². The molecule has 0 aliphatic carbocycles. The van der Waals surface area contributed by atoms with Gasteiger partial charge in [0.15, 0.2) is 0 Å². The first-order valence-electron chi connectivity index (χ1n) is 4.80. The highest BCUT2D eigenvalue weighted by Crippen LogP contribution is 2.24. The van der Waals surface area contributed by atoms with Crippen molar-refractivity contribution in [2.45, 2.75) is 13.0 Å². The van der Waals surface area contributed by atoms with Crippen LogP contribution < -0.4 is 5.32 Å². The zero-order valence-electron chi connectivity index (χ0n) is 9.06. The molecule has 15 heavy (non-hydrogen) atoms. The minimum absolute atomic E-state index is 0.150. The van der Waals surface area contributed by atoms with Crippen LogP contribution in [-0.2, 0) is 7.05 Å². The standard InChI is InChI=1S/C10H14N4S/c1-7-12-6-9(15-7)10(11-2)8-4-5-14(3)13-8/h4-6,10-11H,1-3H3. The van der Waals surface area contributed by atoms with Crippen molar-refractivity contribution in [3.63, 3.8) is 0 Å². The van der Waals surface area contributed by atoms with Gasteiger partial charge in [-0.15, -0.1) is 11.3 Å². The topological polar surface area (TPSA) is 42.7 Å². The SMILES string of the molecule is CNC(c1ccn(C)n1)c1cnc(C)s1. The van der Waals surface area contributed by atoms with Gasteiger partial charge in [-0.05, 0) is 20.0 Å². The van der Waals surface area contributed by atoms with Gasteiger partial charge in [0.2, 0.25) is 0 Å². The van der Waals surface area contributed by atoms with E-state index in [0.29, 0.717) is 0 Å². The van der Waals surface area contributed by atoms with Crippen molar-refractivity contribution in [3.8, 4) is 0 Å². The molecule has 2 aromatic heterocycles. The summed E-state index contributed by atoms with van der Waals surface area (Å²) in [6.45, 7) is 2.01. The molecule has 0 fully saturated rings. The van der Waals surface area contributed by atoms with E-state index in [4.69, 9.17) is 0 Å². The van der Waals surface area contributed by atoms with Crippen LogP contribution in [0.5, 0.6) is 0 Å². The second-order valence-corrected chi connectivity index (χ2v) is 4.68. The lowest BCUT2D eigenvalue weighted by Crippen LogP contribution is -2.17. The van der Waals surface area contributed by atoms with Crippen LogP contribution in [0.1, 0.15) is 21.6 Å². The highest BCUT2D eigenvalue weighted by molar-refractivity contribution is 7.11. The summed E-state index contributed by atoms with van der Waals surface area (Å²) in [7, 11) is 3.86. The van der Waals surface area contributed by atoms with Crippen LogP contribution in [0.4, 0.5) is 0 Å². The highest BCUT2D eigenvalue weighted by Gasteiger charge is 2.16. The fourth-order valence-electron chi connectivity index (χ4n) is 1.53. The molecule has 0 spiro atoms. The molecule has 0 aliphatic heterocycles. The van der Waals surface area contributed by atoms with E-state index in [1.807, 2.05) is 44.2 Å². The maximum Gasteiger partial charge on any atom is 0.0897 e. The molecule has 1 atom stereocenters. The van der Waals surface area contributed by atoms with Crippen molar-refractivity contribution in [1.82, 2.24) is 20.1 Å². The van der Waals surface area contributed by atoms with Gasteiger partial charge >= 0.3 is 0 Å². The van der Waals surface area contributed by atoms with Crippen LogP contribution in [0.25, 0.3) is 0 Å². The molecule has 2 heterocycles. The Morgan fingerprint density at radius 1 is 1.53 bits per heavy atom. The van der Waals surface area contributed by atoms with Gasteiger partial charge in [0, 0.05) is 24.3 Å². The third-order valence-corrected chi connectivity index (χ3v) is 3.22. The number of aromatic nitrogens is 3. The Balaban J connectivity index is 2.32. The van der Waals surface area contributed by atoms with Crippen LogP contribution in [0.15, 0.2) is 18.5 Å². The molecule has 4 nitrogen and oxygen atoms in total. The molecule has 0 amide bonds. The van der Waals surface area contributed by atoms with Crippen LogP contribution in [-0.4, -0.2) is 21.8 Å². The molecule has 1 unspecified atom stereocenters. The molecule has 0 aliphatic rings. The summed E-state index contributed by atoms with van der Waals surface area (Å²) in [5.41, 5.74) is 1.03. The Hall–Kier alpha value is -1.20. The second-order valence-electron chi connectivity index (χ2n) is 3.42. The lowest BCUT2D eigenvalue weighted by molar-refractivity contribution is 0.649. The Labute approximate surface area is 93.0 Å². The fraction of sp³-hybridized carbons (Fsp3) is 0.400. The van der Waals surface area contributed by atoms with Gasteiger partial charge < -0.3 is 5.32 Å². The summed E-state index contributed by atoms with van der Waals surface area (Å²) in [4.78, 5) is 5.46. The Morgan fingerprint density at radius 3 is 2.80 bits per heavy atom. The average Bonchev–Trinajstić information content (AvgIpc) is 2.78. The molecular formula is C10H14N4S. The predicted molar refractivity (Wildman–Crippen MR) is 61.0 cm³/mol. The number of aryl methyl sites for hydroxylation is 2. The van der Waals surface area contributed by atoms with E-state index in [1.165, 1.54) is 4.88 Å². The van der Waals surface area contributed by atoms with Crippen molar-refractivity contribution in [2.75, 3.05) is 7.05 Å². The first-order valence-corrected chi connectivity index (χ1v) is 5.61. The molecule has 80 valence electrons. The average molecular weight is 222 g/mol. The molecule has 0 saturated heterocycles. The fourth-order valence-corrected chi connectivity index (χ4v) is 2.44. The number of nitrogens with one attached hydrogen (secondary N) is 1. The highest BCUT2D eigenvalue weighted by atomic mass is 32.1. The lowest BCUT2D eigenvalue weighted by atomic mass is 10.2. The van der Waals surface area contributed by atoms with E-state index < -0.39 is 0 Å². The van der Waals surface area contributed by atoms with Gasteiger partial charge in [0.1, 0.15) is 0 Å². The van der Waals surface area contributed by atoms with Crippen molar-refractivity contribution < 1.29 is 0 Å². The van der Waals surface area contributed by atoms with Crippen molar-refractivity contribution in [3.05, 3.63) is 34.0 Å². The van der Waals surface area contributed by atoms with Crippen molar-refractivity contribution >= 4 is 11.3 Å². The van der Waals surface area contributed by atoms with E-state index in [2.05, 4.69) is 15.4 Å². The van der Waals surface area contributed by atoms with Crippen LogP contribution in [0, 0.1) is 6.92 Å². The molecule has 0 aromatic carbocycles. The number of hydrogen-bond donors (Lipinski definition) is 1. The van der Waals surface area contributed by atoms with E-state index >= 15 is 0 Å². The summed E-state index contributed by atoms with van der Waals surface area (Å²) < 4.78 is 1.81. The van der Waals surface area contributed by atoms with Gasteiger partial charge in [0.05, 0.1) is 16.7 Å². The van der Waals surface area contributed by atoms with Gasteiger partial charge in [-0.25, -0.2) is 4.98 Å². The zero-order valence-corrected chi connectivity index (χ0v) is 9.88. The largest absolute Gasteiger partial charge is 0.307 e. The molecule has 0 saturated carbocycles. The molecule has 2 aromatic rings. The van der Waals surface area contributed by atoms with Crippen LogP contribution in [0.3, 0.4) is 0 Å². The van der Waals surface area contributed by atoms with Crippen molar-refractivity contribution in [2.24, 2.45) is 7.05 Å². The molecule has 0 bridgehead atoms. The van der Waals surface area contributed by atoms with Gasteiger partial charge in [0.25, 0.3) is 0 Å². The monoisotopic (exact) mass is 222 g/mol. The maximum absolute atomic E-state index is 4.40. The number of rotatable bonds is 3. The smallest absolute Gasteiger partial charge is 0.0897 e. The second kappa shape index (κ2) is 4.12. The summed E-state index contributed by atoms with van der Waals surface area (Å²) >= 11 is 1.70. The van der Waals surface area contributed by atoms with Crippen LogP contribution >= 0.6 is 11.3 Å². The van der Waals surface area contributed by atoms with Gasteiger partial charge in [-0.1, -0.05) is 0 Å². The molecule has 1 N–H and O–H groups in total. The molecule has 0 radical (unpaired) electrons. The van der Waals surface area contributed by atoms with E-state index in [0.717, 1.165) is 10.7 Å². The zero-order chi connectivity index (χ0) is 10.8. The van der Waals surface area contributed by atoms with Gasteiger partial charge in [-0.3, -0.25) is 4.68 Å². The van der Waals surface area contributed by atoms with Crippen LogP contribution in [0.2, 0.25) is 0 Å². The number of hydrogen-bond acceptors (Lipinski definition) is 4. The third kappa shape index (κ3) is 2.08. The third-order valence-electron chi connectivity index (χ3n) is 2.24. The number of nitrogens with zero attached hydrogens (tertiary/aromatic N) is 3. The number of thiazole rings is 1. The lowest BCUT2D eigenvalue weighted by Gasteiger charge is -2.10. The first kappa shape index (κ1) is 10.3. The molecular weight excluding hydrogens is 208 g/mol. The van der Waals surface area contributed by atoms with Crippen molar-refractivity contribution in [1.29, 1.82) is 0 Å². The Morgan fingerprint density at radius 2 is 2.33 bits per heavy atom. The summed E-state index contributed by atoms with van der Waals surface area (Å²) in [5.74, 6) is 0. The normalized spacial score (nSPS) is 13.0. The summed E-state index contributed by atoms with van der Waals surface area (Å²) in [6, 6.07) is 2.17. The Bertz CT molecular complexity index is 405. The van der Waals surface area contributed by atoms with Gasteiger partial charge in [-0.2, -0.15) is 5.10 Å². The Kier molecular flexibility index (Phi) is 2.83. The minimum atomic E-state index is 0.150. The minimum Gasteiger partial charge on any atom is -0.307 e. The molecule has 2 rings (SSSR count). The van der Waals surface area contributed by atoms with E-state index in [-0.39, 0.29) is 6.04 Å². The quantitative estimate of drug-likeness (QED) is 0.855. The molecule has 5 heteroatoms. The maximum atomic E-state index is 4.40. The summed E-state index contributed by atoms with van der Waals surface area (Å²) in [5, 5.41) is 8.74. The summed E-state index contributed by atoms with van der Waals surface area (Å²) in [6.07, 6.45) is 3.86. The first-order chi connectivity index (χ1) is 7.20. The predicted octanol–water partition coefficient (Wildman–Crippen LogP) is 1.49.